The number of halogens is 3. The molecule has 0 N–H and O–H groups in total. The van der Waals surface area contributed by atoms with E-state index in [1.165, 1.54) is 12.1 Å². The van der Waals surface area contributed by atoms with Crippen LogP contribution >= 0.6 is 0 Å². The first-order valence-electron chi connectivity index (χ1n) is 7.00. The zero-order chi connectivity index (χ0) is 14.9. The number of alkyl halides is 3. The van der Waals surface area contributed by atoms with Crippen LogP contribution in [0.2, 0.25) is 0 Å². The SMILES string of the molecule is CC1CCC(C(=O)c2ccc(C(F)(F)F)cc2)CC1C. The van der Waals surface area contributed by atoms with E-state index in [2.05, 4.69) is 13.8 Å². The highest BCUT2D eigenvalue weighted by molar-refractivity contribution is 5.97. The second-order valence-electron chi connectivity index (χ2n) is 5.90. The fourth-order valence-corrected chi connectivity index (χ4v) is 2.84. The van der Waals surface area contributed by atoms with Gasteiger partial charge in [-0.3, -0.25) is 4.79 Å². The van der Waals surface area contributed by atoms with Crippen LogP contribution in [0.25, 0.3) is 0 Å². The Morgan fingerprint density at radius 3 is 2.15 bits per heavy atom. The van der Waals surface area contributed by atoms with E-state index in [1.54, 1.807) is 0 Å². The maximum Gasteiger partial charge on any atom is 0.416 e. The molecule has 1 saturated carbocycles. The van der Waals surface area contributed by atoms with Crippen molar-refractivity contribution < 1.29 is 18.0 Å². The summed E-state index contributed by atoms with van der Waals surface area (Å²) >= 11 is 0. The van der Waals surface area contributed by atoms with Gasteiger partial charge in [-0.05, 0) is 43.2 Å². The molecule has 1 nitrogen and oxygen atoms in total. The lowest BCUT2D eigenvalue weighted by molar-refractivity contribution is -0.137. The molecule has 0 saturated heterocycles. The molecule has 0 amide bonds. The molecule has 2 rings (SSSR count). The van der Waals surface area contributed by atoms with E-state index in [9.17, 15) is 18.0 Å². The van der Waals surface area contributed by atoms with Gasteiger partial charge in [0.1, 0.15) is 0 Å². The van der Waals surface area contributed by atoms with Gasteiger partial charge >= 0.3 is 6.18 Å². The summed E-state index contributed by atoms with van der Waals surface area (Å²) in [5.41, 5.74) is -0.315. The summed E-state index contributed by atoms with van der Waals surface area (Å²) in [4.78, 5) is 12.3. The van der Waals surface area contributed by atoms with Gasteiger partial charge in [0.2, 0.25) is 0 Å². The van der Waals surface area contributed by atoms with E-state index in [0.29, 0.717) is 17.4 Å². The molecule has 0 aromatic heterocycles. The highest BCUT2D eigenvalue weighted by Gasteiger charge is 2.32. The standard InChI is InChI=1S/C16H19F3O/c1-10-3-4-13(9-11(10)2)15(20)12-5-7-14(8-6-12)16(17,18)19/h5-8,10-11,13H,3-4,9H2,1-2H3. The van der Waals surface area contributed by atoms with Gasteiger partial charge in [-0.15, -0.1) is 0 Å². The first kappa shape index (κ1) is 15.1. The van der Waals surface area contributed by atoms with Crippen LogP contribution in [0.5, 0.6) is 0 Å². The van der Waals surface area contributed by atoms with E-state index in [4.69, 9.17) is 0 Å². The molecular formula is C16H19F3O. The van der Waals surface area contributed by atoms with Crippen LogP contribution < -0.4 is 0 Å². The molecule has 4 heteroatoms. The van der Waals surface area contributed by atoms with Gasteiger partial charge in [0.25, 0.3) is 0 Å². The summed E-state index contributed by atoms with van der Waals surface area (Å²) in [5.74, 6) is 1.05. The number of ketones is 1. The zero-order valence-corrected chi connectivity index (χ0v) is 11.7. The molecule has 0 aliphatic heterocycles. The van der Waals surface area contributed by atoms with Crippen molar-refractivity contribution in [3.05, 3.63) is 35.4 Å². The molecule has 1 aromatic carbocycles. The van der Waals surface area contributed by atoms with Gasteiger partial charge in [-0.2, -0.15) is 13.2 Å². The molecule has 0 spiro atoms. The predicted octanol–water partition coefficient (Wildman–Crippen LogP) is 4.96. The quantitative estimate of drug-likeness (QED) is 0.701. The number of carbonyl (C=O) groups excluding carboxylic acids is 1. The number of carbonyl (C=O) groups is 1. The highest BCUT2D eigenvalue weighted by atomic mass is 19.4. The summed E-state index contributed by atoms with van der Waals surface area (Å²) in [5, 5.41) is 0. The zero-order valence-electron chi connectivity index (χ0n) is 11.7. The third kappa shape index (κ3) is 3.22. The first-order chi connectivity index (χ1) is 9.29. The first-order valence-corrected chi connectivity index (χ1v) is 7.00. The van der Waals surface area contributed by atoms with E-state index >= 15 is 0 Å². The Bertz CT molecular complexity index is 475. The van der Waals surface area contributed by atoms with Gasteiger partial charge < -0.3 is 0 Å². The van der Waals surface area contributed by atoms with E-state index in [0.717, 1.165) is 31.4 Å². The van der Waals surface area contributed by atoms with Gasteiger partial charge in [0.05, 0.1) is 5.56 Å². The highest BCUT2D eigenvalue weighted by Crippen LogP contribution is 2.35. The van der Waals surface area contributed by atoms with Crippen molar-refractivity contribution in [1.29, 1.82) is 0 Å². The van der Waals surface area contributed by atoms with Crippen LogP contribution in [-0.4, -0.2) is 5.78 Å². The molecule has 1 fully saturated rings. The van der Waals surface area contributed by atoms with Crippen molar-refractivity contribution in [2.75, 3.05) is 0 Å². The van der Waals surface area contributed by atoms with Crippen molar-refractivity contribution in [2.24, 2.45) is 17.8 Å². The molecule has 1 aromatic rings. The van der Waals surface area contributed by atoms with Gasteiger partial charge in [-0.1, -0.05) is 26.0 Å². The van der Waals surface area contributed by atoms with Gasteiger partial charge in [-0.25, -0.2) is 0 Å². The number of hydrogen-bond donors (Lipinski definition) is 0. The summed E-state index contributed by atoms with van der Waals surface area (Å²) in [6.45, 7) is 4.32. The van der Waals surface area contributed by atoms with Crippen molar-refractivity contribution in [2.45, 2.75) is 39.3 Å². The molecule has 0 radical (unpaired) electrons. The minimum Gasteiger partial charge on any atom is -0.294 e. The van der Waals surface area contributed by atoms with E-state index < -0.39 is 11.7 Å². The van der Waals surface area contributed by atoms with Crippen LogP contribution in [-0.2, 0) is 6.18 Å². The van der Waals surface area contributed by atoms with Crippen molar-refractivity contribution in [1.82, 2.24) is 0 Å². The molecule has 110 valence electrons. The molecule has 1 aliphatic carbocycles. The molecular weight excluding hydrogens is 265 g/mol. The van der Waals surface area contributed by atoms with Crippen molar-refractivity contribution >= 4 is 5.78 Å². The number of Topliss-reactive ketones (excluding diaryl/α,β-unsaturated/α-hetero) is 1. The van der Waals surface area contributed by atoms with Crippen LogP contribution in [0.3, 0.4) is 0 Å². The number of rotatable bonds is 2. The van der Waals surface area contributed by atoms with Crippen LogP contribution in [0.15, 0.2) is 24.3 Å². The maximum atomic E-state index is 12.5. The molecule has 20 heavy (non-hydrogen) atoms. The van der Waals surface area contributed by atoms with Crippen molar-refractivity contribution in [3.8, 4) is 0 Å². The largest absolute Gasteiger partial charge is 0.416 e. The van der Waals surface area contributed by atoms with Gasteiger partial charge in [0.15, 0.2) is 5.78 Å². The van der Waals surface area contributed by atoms with Crippen LogP contribution in [0.4, 0.5) is 13.2 Å². The Kier molecular flexibility index (Phi) is 4.21. The Labute approximate surface area is 117 Å². The predicted molar refractivity (Wildman–Crippen MR) is 71.4 cm³/mol. The molecule has 3 unspecified atom stereocenters. The molecule has 0 bridgehead atoms. The average molecular weight is 284 g/mol. The summed E-state index contributed by atoms with van der Waals surface area (Å²) in [6.07, 6.45) is -1.67. The van der Waals surface area contributed by atoms with Crippen LogP contribution in [0.1, 0.15) is 49.0 Å². The van der Waals surface area contributed by atoms with Gasteiger partial charge in [0, 0.05) is 11.5 Å². The Morgan fingerprint density at radius 2 is 1.65 bits per heavy atom. The fourth-order valence-electron chi connectivity index (χ4n) is 2.84. The monoisotopic (exact) mass is 284 g/mol. The normalized spacial score (nSPS) is 27.4. The van der Waals surface area contributed by atoms with E-state index in [-0.39, 0.29) is 11.7 Å². The fraction of sp³-hybridized carbons (Fsp3) is 0.562. The minimum atomic E-state index is -4.35. The third-order valence-corrected chi connectivity index (χ3v) is 4.47. The minimum absolute atomic E-state index is 0.0162. The topological polar surface area (TPSA) is 17.1 Å². The second kappa shape index (κ2) is 5.58. The lowest BCUT2D eigenvalue weighted by Crippen LogP contribution is -2.26. The molecule has 1 aliphatic rings. The number of hydrogen-bond acceptors (Lipinski definition) is 1. The van der Waals surface area contributed by atoms with Crippen LogP contribution in [0, 0.1) is 17.8 Å². The molecule has 3 atom stereocenters. The number of benzene rings is 1. The Hall–Kier alpha value is -1.32. The Morgan fingerprint density at radius 1 is 1.05 bits per heavy atom. The lowest BCUT2D eigenvalue weighted by Gasteiger charge is -2.31. The van der Waals surface area contributed by atoms with E-state index in [1.807, 2.05) is 0 Å². The summed E-state index contributed by atoms with van der Waals surface area (Å²) < 4.78 is 37.5. The molecule has 0 heterocycles. The Balaban J connectivity index is 2.10. The maximum absolute atomic E-state index is 12.5. The second-order valence-corrected chi connectivity index (χ2v) is 5.90. The third-order valence-electron chi connectivity index (χ3n) is 4.47. The summed E-state index contributed by atoms with van der Waals surface area (Å²) in [7, 11) is 0. The smallest absolute Gasteiger partial charge is 0.294 e. The average Bonchev–Trinajstić information content (AvgIpc) is 2.40. The van der Waals surface area contributed by atoms with Crippen molar-refractivity contribution in [3.63, 3.8) is 0 Å². The summed E-state index contributed by atoms with van der Waals surface area (Å²) in [6, 6.07) is 4.58. The lowest BCUT2D eigenvalue weighted by atomic mass is 9.73.